The van der Waals surface area contributed by atoms with Gasteiger partial charge in [0, 0.05) is 55.6 Å². The second kappa shape index (κ2) is 8.67. The molecule has 3 aliphatic rings. The van der Waals surface area contributed by atoms with E-state index >= 15 is 4.39 Å². The molecule has 0 bridgehead atoms. The van der Waals surface area contributed by atoms with Gasteiger partial charge in [-0.05, 0) is 37.3 Å². The maximum atomic E-state index is 15.4. The first-order valence-corrected chi connectivity index (χ1v) is 12.6. The van der Waals surface area contributed by atoms with E-state index in [1.165, 1.54) is 12.4 Å². The number of imidazole rings is 1. The van der Waals surface area contributed by atoms with Crippen molar-refractivity contribution in [1.82, 2.24) is 29.7 Å². The number of halogens is 1. The summed E-state index contributed by atoms with van der Waals surface area (Å²) in [6.07, 6.45) is 5.64. The van der Waals surface area contributed by atoms with Crippen LogP contribution in [-0.4, -0.2) is 68.1 Å². The Morgan fingerprint density at radius 3 is 2.75 bits per heavy atom. The summed E-state index contributed by atoms with van der Waals surface area (Å²) < 4.78 is 17.2. The van der Waals surface area contributed by atoms with Crippen molar-refractivity contribution < 1.29 is 9.18 Å². The number of benzene rings is 1. The molecule has 11 heteroatoms. The normalized spacial score (nSPS) is 22.8. The van der Waals surface area contributed by atoms with Crippen LogP contribution in [0.1, 0.15) is 37.3 Å². The summed E-state index contributed by atoms with van der Waals surface area (Å²) in [5.41, 5.74) is 15.1. The summed E-state index contributed by atoms with van der Waals surface area (Å²) in [6.45, 7) is 5.96. The number of amides is 1. The second-order valence-electron chi connectivity index (χ2n) is 10.7. The van der Waals surface area contributed by atoms with Crippen LogP contribution in [0.4, 0.5) is 15.9 Å². The number of anilines is 2. The monoisotopic (exact) mass is 493 g/mol. The molecule has 10 nitrogen and oxygen atoms in total. The number of nitrogens with zero attached hydrogens (tertiary/aromatic N) is 6. The van der Waals surface area contributed by atoms with Crippen molar-refractivity contribution in [2.45, 2.75) is 50.9 Å². The molecule has 3 fully saturated rings. The van der Waals surface area contributed by atoms with E-state index in [0.29, 0.717) is 61.1 Å². The first-order chi connectivity index (χ1) is 17.3. The molecule has 36 heavy (non-hydrogen) atoms. The maximum absolute atomic E-state index is 15.4. The van der Waals surface area contributed by atoms with E-state index in [-0.39, 0.29) is 17.8 Å². The van der Waals surface area contributed by atoms with Gasteiger partial charge in [0.05, 0.1) is 12.9 Å². The van der Waals surface area contributed by atoms with Crippen LogP contribution < -0.4 is 21.7 Å². The third-order valence-corrected chi connectivity index (χ3v) is 7.64. The second-order valence-corrected chi connectivity index (χ2v) is 10.7. The van der Waals surface area contributed by atoms with Crippen molar-refractivity contribution in [3.05, 3.63) is 41.7 Å². The van der Waals surface area contributed by atoms with Crippen LogP contribution in [0.3, 0.4) is 0 Å². The Morgan fingerprint density at radius 2 is 2.00 bits per heavy atom. The van der Waals surface area contributed by atoms with Crippen molar-refractivity contribution in [2.75, 3.05) is 36.8 Å². The fourth-order valence-electron chi connectivity index (χ4n) is 5.44. The lowest BCUT2D eigenvalue weighted by molar-refractivity contribution is -0.125. The van der Waals surface area contributed by atoms with E-state index in [9.17, 15) is 4.79 Å². The molecule has 3 aromatic rings. The van der Waals surface area contributed by atoms with Crippen LogP contribution in [0, 0.1) is 11.7 Å². The number of hydrogen-bond acceptors (Lipinski definition) is 8. The molecular formula is C25H32FN9O. The van der Waals surface area contributed by atoms with Crippen LogP contribution in [0.15, 0.2) is 24.8 Å². The van der Waals surface area contributed by atoms with Gasteiger partial charge in [-0.15, -0.1) is 0 Å². The molecule has 2 saturated heterocycles. The Morgan fingerprint density at radius 1 is 1.19 bits per heavy atom. The topological polar surface area (TPSA) is 131 Å². The van der Waals surface area contributed by atoms with Crippen LogP contribution >= 0.6 is 0 Å². The molecule has 4 heterocycles. The minimum absolute atomic E-state index is 0.0984. The smallest absolute Gasteiger partial charge is 0.242 e. The van der Waals surface area contributed by atoms with Crippen molar-refractivity contribution in [1.29, 1.82) is 0 Å². The zero-order valence-electron chi connectivity index (χ0n) is 20.5. The summed E-state index contributed by atoms with van der Waals surface area (Å²) in [4.78, 5) is 30.1. The number of nitrogens with one attached hydrogen (secondary N) is 1. The predicted octanol–water partition coefficient (Wildman–Crippen LogP) is 1.23. The average Bonchev–Trinajstić information content (AvgIpc) is 3.40. The molecule has 2 aromatic heterocycles. The number of rotatable bonds is 7. The van der Waals surface area contributed by atoms with Crippen LogP contribution in [-0.2, 0) is 17.9 Å². The molecule has 190 valence electrons. The minimum Gasteiger partial charge on any atom is -0.382 e. The quantitative estimate of drug-likeness (QED) is 0.448. The van der Waals surface area contributed by atoms with Crippen molar-refractivity contribution in [3.63, 3.8) is 0 Å². The molecule has 6 rings (SSSR count). The van der Waals surface area contributed by atoms with Crippen molar-refractivity contribution >= 4 is 28.6 Å². The van der Waals surface area contributed by atoms with Gasteiger partial charge >= 0.3 is 0 Å². The Labute approximate surface area is 208 Å². The number of hydrogen-bond donors (Lipinski definition) is 3. The van der Waals surface area contributed by atoms with Crippen molar-refractivity contribution in [2.24, 2.45) is 11.7 Å². The Bertz CT molecular complexity index is 1320. The molecule has 1 amide bonds. The van der Waals surface area contributed by atoms with Gasteiger partial charge in [0.1, 0.15) is 23.2 Å². The van der Waals surface area contributed by atoms with Gasteiger partial charge in [0.15, 0.2) is 11.5 Å². The molecule has 5 N–H and O–H groups in total. The molecule has 1 aliphatic carbocycles. The number of carbonyl (C=O) groups excluding carboxylic acids is 1. The van der Waals surface area contributed by atoms with E-state index in [1.54, 1.807) is 12.4 Å². The molecule has 1 aromatic carbocycles. The molecule has 1 saturated carbocycles. The predicted molar refractivity (Wildman–Crippen MR) is 135 cm³/mol. The first kappa shape index (κ1) is 23.1. The highest BCUT2D eigenvalue weighted by Crippen LogP contribution is 2.35. The highest BCUT2D eigenvalue weighted by atomic mass is 19.1. The summed E-state index contributed by atoms with van der Waals surface area (Å²) in [5, 5.41) is 3.05. The molecule has 2 aliphatic heterocycles. The van der Waals surface area contributed by atoms with E-state index < -0.39 is 5.54 Å². The van der Waals surface area contributed by atoms with E-state index in [4.69, 9.17) is 11.5 Å². The van der Waals surface area contributed by atoms with Gasteiger partial charge in [0.25, 0.3) is 0 Å². The van der Waals surface area contributed by atoms with Crippen LogP contribution in [0.2, 0.25) is 0 Å². The van der Waals surface area contributed by atoms with Gasteiger partial charge in [-0.1, -0.05) is 6.92 Å². The maximum Gasteiger partial charge on any atom is 0.242 e. The molecule has 1 unspecified atom stereocenters. The lowest BCUT2D eigenvalue weighted by Gasteiger charge is -2.38. The van der Waals surface area contributed by atoms with Gasteiger partial charge in [-0.2, -0.15) is 0 Å². The number of fused-ring (bicyclic) bond motifs is 1. The van der Waals surface area contributed by atoms with E-state index in [1.807, 2.05) is 4.57 Å². The number of carbonyl (C=O) groups is 1. The first-order valence-electron chi connectivity index (χ1n) is 12.6. The lowest BCUT2D eigenvalue weighted by atomic mass is 9.97. The van der Waals surface area contributed by atoms with Gasteiger partial charge < -0.3 is 26.3 Å². The third-order valence-electron chi connectivity index (χ3n) is 7.64. The lowest BCUT2D eigenvalue weighted by Crippen LogP contribution is -2.56. The fraction of sp³-hybridized carbons (Fsp3) is 0.520. The SMILES string of the molecule is CC1CN(Cc2c(F)ccc(N3CCC(N)(C(=O)NC4CC4)C3)c2Cn2cnc3c(N)ncnc32)C1. The molecule has 1 atom stereocenters. The summed E-state index contributed by atoms with van der Waals surface area (Å²) in [7, 11) is 0. The fourth-order valence-corrected chi connectivity index (χ4v) is 5.44. The largest absolute Gasteiger partial charge is 0.382 e. The van der Waals surface area contributed by atoms with Gasteiger partial charge in [-0.3, -0.25) is 9.69 Å². The van der Waals surface area contributed by atoms with Gasteiger partial charge in [0.2, 0.25) is 5.91 Å². The number of likely N-dealkylation sites (tertiary alicyclic amines) is 1. The van der Waals surface area contributed by atoms with Crippen LogP contribution in [0.5, 0.6) is 0 Å². The minimum atomic E-state index is -0.968. The highest BCUT2D eigenvalue weighted by molar-refractivity contribution is 5.88. The zero-order valence-corrected chi connectivity index (χ0v) is 20.5. The van der Waals surface area contributed by atoms with Gasteiger partial charge in [-0.25, -0.2) is 19.3 Å². The highest BCUT2D eigenvalue weighted by Gasteiger charge is 2.43. The molecule has 0 spiro atoms. The standard InChI is InChI=1S/C25H32FN9O/c1-15-8-33(9-15)10-17-18(11-35-14-31-21-22(27)29-13-30-23(21)35)20(5-4-19(17)26)34-7-6-25(28,12-34)24(36)32-16-2-3-16/h4-5,13-16H,2-3,6-12,28H2,1H3,(H,32,36)(H2,27,29,30). The number of aromatic nitrogens is 4. The Balaban J connectivity index is 1.36. The summed E-state index contributed by atoms with van der Waals surface area (Å²) >= 11 is 0. The molecule has 0 radical (unpaired) electrons. The number of nitrogen functional groups attached to an aromatic ring is 1. The molecular weight excluding hydrogens is 461 g/mol. The van der Waals surface area contributed by atoms with E-state index in [0.717, 1.165) is 37.2 Å². The third kappa shape index (κ3) is 4.16. The summed E-state index contributed by atoms with van der Waals surface area (Å²) in [5.74, 6) is 0.579. The van der Waals surface area contributed by atoms with E-state index in [2.05, 4.69) is 37.0 Å². The van der Waals surface area contributed by atoms with Crippen LogP contribution in [0.25, 0.3) is 11.2 Å². The summed E-state index contributed by atoms with van der Waals surface area (Å²) in [6, 6.07) is 3.59. The Hall–Kier alpha value is -3.31. The zero-order chi connectivity index (χ0) is 25.0. The number of nitrogens with two attached hydrogens (primary N) is 2. The Kier molecular flexibility index (Phi) is 5.56. The van der Waals surface area contributed by atoms with Crippen molar-refractivity contribution in [3.8, 4) is 0 Å². The average molecular weight is 494 g/mol.